The Hall–Kier alpha value is 1.42. The summed E-state index contributed by atoms with van der Waals surface area (Å²) in [6.07, 6.45) is 1.37. The third-order valence-corrected chi connectivity index (χ3v) is 4.48. The fourth-order valence-electron chi connectivity index (χ4n) is 1.07. The normalized spacial score (nSPS) is 39.0. The Morgan fingerprint density at radius 2 is 2.22 bits per heavy atom. The molecule has 3 heteroatoms. The van der Waals surface area contributed by atoms with Gasteiger partial charge in [-0.3, -0.25) is 0 Å². The van der Waals surface area contributed by atoms with Gasteiger partial charge in [0.25, 0.3) is 0 Å². The van der Waals surface area contributed by atoms with E-state index in [4.69, 9.17) is 0 Å². The van der Waals surface area contributed by atoms with Crippen molar-refractivity contribution in [2.45, 2.75) is 17.3 Å². The van der Waals surface area contributed by atoms with Gasteiger partial charge in [-0.05, 0) is 12.3 Å². The standard InChI is InChI=1S/C6H11I2N/c1-5-4-9(8)3-2-6(5)7/h5-6H,2-4H2,1H3. The number of hydrogen-bond donors (Lipinski definition) is 0. The van der Waals surface area contributed by atoms with Crippen LogP contribution in [0.5, 0.6) is 0 Å². The molecule has 1 fully saturated rings. The van der Waals surface area contributed by atoms with Gasteiger partial charge in [-0.1, -0.05) is 29.5 Å². The number of piperidine rings is 1. The minimum atomic E-state index is 0.885. The van der Waals surface area contributed by atoms with Crippen molar-refractivity contribution < 1.29 is 0 Å². The highest BCUT2D eigenvalue weighted by Gasteiger charge is 2.21. The second-order valence-corrected chi connectivity index (χ2v) is 5.62. The van der Waals surface area contributed by atoms with E-state index in [-0.39, 0.29) is 0 Å². The molecule has 0 aromatic rings. The molecular weight excluding hydrogens is 340 g/mol. The van der Waals surface area contributed by atoms with Crippen LogP contribution in [0.15, 0.2) is 0 Å². The number of halogens is 2. The smallest absolute Gasteiger partial charge is 0.0201 e. The zero-order valence-corrected chi connectivity index (χ0v) is 9.79. The van der Waals surface area contributed by atoms with Crippen molar-refractivity contribution in [1.29, 1.82) is 0 Å². The van der Waals surface area contributed by atoms with Crippen LogP contribution in [0.1, 0.15) is 13.3 Å². The van der Waals surface area contributed by atoms with E-state index in [1.54, 1.807) is 0 Å². The molecule has 0 bridgehead atoms. The molecule has 0 aliphatic carbocycles. The van der Waals surface area contributed by atoms with Crippen molar-refractivity contribution in [2.24, 2.45) is 5.92 Å². The van der Waals surface area contributed by atoms with Crippen LogP contribution in [0.4, 0.5) is 0 Å². The molecule has 1 aliphatic rings. The van der Waals surface area contributed by atoms with Gasteiger partial charge in [0.05, 0.1) is 0 Å². The second kappa shape index (κ2) is 3.71. The molecule has 2 unspecified atom stereocenters. The molecule has 1 heterocycles. The predicted octanol–water partition coefficient (Wildman–Crippen LogP) is 2.48. The number of alkyl halides is 1. The molecule has 0 spiro atoms. The quantitative estimate of drug-likeness (QED) is 0.368. The summed E-state index contributed by atoms with van der Waals surface area (Å²) in [5, 5.41) is 0. The van der Waals surface area contributed by atoms with E-state index in [1.807, 2.05) is 0 Å². The maximum absolute atomic E-state index is 2.56. The topological polar surface area (TPSA) is 3.24 Å². The zero-order chi connectivity index (χ0) is 6.85. The average Bonchev–Trinajstić information content (AvgIpc) is 1.80. The Morgan fingerprint density at radius 1 is 1.56 bits per heavy atom. The first-order valence-electron chi connectivity index (χ1n) is 3.25. The van der Waals surface area contributed by atoms with Gasteiger partial charge in [-0.25, -0.2) is 3.11 Å². The minimum Gasteiger partial charge on any atom is -0.247 e. The van der Waals surface area contributed by atoms with Crippen LogP contribution < -0.4 is 0 Å². The van der Waals surface area contributed by atoms with E-state index in [9.17, 15) is 0 Å². The van der Waals surface area contributed by atoms with E-state index < -0.39 is 0 Å². The molecule has 9 heavy (non-hydrogen) atoms. The van der Waals surface area contributed by atoms with Crippen molar-refractivity contribution in [2.75, 3.05) is 13.1 Å². The molecule has 0 amide bonds. The first-order chi connectivity index (χ1) is 4.20. The number of hydrogen-bond acceptors (Lipinski definition) is 1. The fourth-order valence-corrected chi connectivity index (χ4v) is 2.47. The number of nitrogens with zero attached hydrogens (tertiary/aromatic N) is 1. The summed E-state index contributed by atoms with van der Waals surface area (Å²) in [6.45, 7) is 4.88. The van der Waals surface area contributed by atoms with Gasteiger partial charge < -0.3 is 0 Å². The van der Waals surface area contributed by atoms with Crippen molar-refractivity contribution in [3.8, 4) is 0 Å². The summed E-state index contributed by atoms with van der Waals surface area (Å²) in [5.74, 6) is 0.885. The lowest BCUT2D eigenvalue weighted by atomic mass is 10.0. The second-order valence-electron chi connectivity index (χ2n) is 2.65. The first-order valence-corrected chi connectivity index (χ1v) is 5.46. The zero-order valence-electron chi connectivity index (χ0n) is 5.48. The maximum Gasteiger partial charge on any atom is 0.0201 e. The summed E-state index contributed by atoms with van der Waals surface area (Å²) < 4.78 is 3.30. The van der Waals surface area contributed by atoms with Crippen LogP contribution in [0, 0.1) is 5.92 Å². The molecule has 1 nitrogen and oxygen atoms in total. The van der Waals surface area contributed by atoms with E-state index >= 15 is 0 Å². The van der Waals surface area contributed by atoms with Crippen LogP contribution in [0.3, 0.4) is 0 Å². The van der Waals surface area contributed by atoms with Crippen molar-refractivity contribution in [3.63, 3.8) is 0 Å². The summed E-state index contributed by atoms with van der Waals surface area (Å²) in [4.78, 5) is 0. The third-order valence-electron chi connectivity index (χ3n) is 1.75. The largest absolute Gasteiger partial charge is 0.247 e. The summed E-state index contributed by atoms with van der Waals surface area (Å²) in [5.41, 5.74) is 0. The molecule has 1 saturated heterocycles. The van der Waals surface area contributed by atoms with Crippen LogP contribution in [0.25, 0.3) is 0 Å². The van der Waals surface area contributed by atoms with E-state index in [2.05, 4.69) is 55.5 Å². The third kappa shape index (κ3) is 2.49. The van der Waals surface area contributed by atoms with Crippen LogP contribution in [0.2, 0.25) is 0 Å². The van der Waals surface area contributed by atoms with E-state index in [1.165, 1.54) is 19.5 Å². The highest BCUT2D eigenvalue weighted by Crippen LogP contribution is 2.25. The fraction of sp³-hybridized carbons (Fsp3) is 1.00. The van der Waals surface area contributed by atoms with Gasteiger partial charge in [0.1, 0.15) is 0 Å². The number of rotatable bonds is 0. The SMILES string of the molecule is CC1CN(I)CCC1I. The van der Waals surface area contributed by atoms with E-state index in [0.717, 1.165) is 9.84 Å². The van der Waals surface area contributed by atoms with Crippen LogP contribution in [-0.2, 0) is 0 Å². The molecular formula is C6H11I2N. The molecule has 0 radical (unpaired) electrons. The van der Waals surface area contributed by atoms with Gasteiger partial charge in [0.2, 0.25) is 0 Å². The Labute approximate surface area is 84.2 Å². The Balaban J connectivity index is 2.35. The lowest BCUT2D eigenvalue weighted by Gasteiger charge is -2.29. The van der Waals surface area contributed by atoms with Crippen LogP contribution in [-0.4, -0.2) is 20.1 Å². The summed E-state index contributed by atoms with van der Waals surface area (Å²) >= 11 is 4.97. The predicted molar refractivity (Wildman–Crippen MR) is 57.2 cm³/mol. The molecule has 0 aromatic carbocycles. The monoisotopic (exact) mass is 351 g/mol. The molecule has 1 aliphatic heterocycles. The summed E-state index contributed by atoms with van der Waals surface area (Å²) in [7, 11) is 0. The lowest BCUT2D eigenvalue weighted by molar-refractivity contribution is 0.340. The molecule has 2 atom stereocenters. The Morgan fingerprint density at radius 3 is 2.67 bits per heavy atom. The van der Waals surface area contributed by atoms with Crippen molar-refractivity contribution in [1.82, 2.24) is 3.11 Å². The van der Waals surface area contributed by atoms with Crippen molar-refractivity contribution >= 4 is 45.5 Å². The average molecular weight is 351 g/mol. The first kappa shape index (κ1) is 8.52. The van der Waals surface area contributed by atoms with E-state index in [0.29, 0.717) is 0 Å². The van der Waals surface area contributed by atoms with Crippen molar-refractivity contribution in [3.05, 3.63) is 0 Å². The van der Waals surface area contributed by atoms with Gasteiger partial charge in [-0.15, -0.1) is 0 Å². The van der Waals surface area contributed by atoms with Gasteiger partial charge in [-0.2, -0.15) is 0 Å². The highest BCUT2D eigenvalue weighted by atomic mass is 127. The van der Waals surface area contributed by atoms with Gasteiger partial charge in [0.15, 0.2) is 0 Å². The molecule has 0 aromatic heterocycles. The maximum atomic E-state index is 2.56. The minimum absolute atomic E-state index is 0.885. The van der Waals surface area contributed by atoms with Gasteiger partial charge >= 0.3 is 0 Å². The molecule has 0 N–H and O–H groups in total. The Bertz CT molecular complexity index is 97.1. The van der Waals surface area contributed by atoms with Crippen LogP contribution >= 0.6 is 45.5 Å². The molecule has 0 saturated carbocycles. The highest BCUT2D eigenvalue weighted by molar-refractivity contribution is 14.1. The van der Waals surface area contributed by atoms with Gasteiger partial charge in [0, 0.05) is 39.9 Å². The Kier molecular flexibility index (Phi) is 3.51. The summed E-state index contributed by atoms with van der Waals surface area (Å²) in [6, 6.07) is 0. The lowest BCUT2D eigenvalue weighted by Crippen LogP contribution is -2.33. The molecule has 1 rings (SSSR count). The molecule has 54 valence electrons.